The zero-order valence-corrected chi connectivity index (χ0v) is 9.20. The van der Waals surface area contributed by atoms with Gasteiger partial charge < -0.3 is 10.9 Å². The summed E-state index contributed by atoms with van der Waals surface area (Å²) in [5.41, 5.74) is 3.42. The van der Waals surface area contributed by atoms with Gasteiger partial charge in [-0.15, -0.1) is 10.2 Å². The molecule has 2 aromatic rings. The first-order chi connectivity index (χ1) is 8.16. The maximum Gasteiger partial charge on any atom is 0.263 e. The van der Waals surface area contributed by atoms with E-state index in [2.05, 4.69) is 20.7 Å². The largest absolute Gasteiger partial charge is 0.508 e. The average Bonchev–Trinajstić information content (AvgIpc) is 2.61. The van der Waals surface area contributed by atoms with Crippen LogP contribution in [0.2, 0.25) is 0 Å². The number of hydrogen-bond acceptors (Lipinski definition) is 6. The average molecular weight is 232 g/mol. The van der Waals surface area contributed by atoms with Gasteiger partial charge in [-0.1, -0.05) is 12.1 Å². The summed E-state index contributed by atoms with van der Waals surface area (Å²) in [7, 11) is 0. The van der Waals surface area contributed by atoms with E-state index in [4.69, 9.17) is 5.84 Å². The van der Waals surface area contributed by atoms with E-state index in [1.807, 2.05) is 6.07 Å². The first kappa shape index (κ1) is 10.9. The number of nitrogens with two attached hydrogens (primary N) is 1. The molecule has 0 atom stereocenters. The van der Waals surface area contributed by atoms with Crippen molar-refractivity contribution >= 4 is 12.2 Å². The lowest BCUT2D eigenvalue weighted by Gasteiger charge is -1.99. The Kier molecular flexibility index (Phi) is 2.91. The van der Waals surface area contributed by atoms with E-state index in [0.717, 1.165) is 5.56 Å². The van der Waals surface area contributed by atoms with Crippen molar-refractivity contribution in [2.45, 2.75) is 6.92 Å². The molecule has 17 heavy (non-hydrogen) atoms. The van der Waals surface area contributed by atoms with Crippen molar-refractivity contribution in [3.8, 4) is 5.75 Å². The maximum atomic E-state index is 9.25. The Balaban J connectivity index is 2.05. The Labute approximate surface area is 97.6 Å². The molecule has 0 aliphatic carbocycles. The molecule has 1 heterocycles. The van der Waals surface area contributed by atoms with Crippen LogP contribution in [0.4, 0.5) is 5.95 Å². The molecule has 88 valence electrons. The molecule has 0 saturated heterocycles. The predicted molar refractivity (Wildman–Crippen MR) is 64.2 cm³/mol. The summed E-state index contributed by atoms with van der Waals surface area (Å²) in [5.74, 6) is 6.74. The molecule has 0 bridgehead atoms. The highest BCUT2D eigenvalue weighted by Crippen LogP contribution is 2.09. The number of anilines is 1. The van der Waals surface area contributed by atoms with Crippen molar-refractivity contribution in [2.75, 3.05) is 11.3 Å². The molecule has 0 amide bonds. The molecule has 0 radical (unpaired) electrons. The predicted octanol–water partition coefficient (Wildman–Crippen LogP) is 0.452. The number of nitrogens with zero attached hydrogens (tertiary/aromatic N) is 4. The normalized spacial score (nSPS) is 10.9. The summed E-state index contributed by atoms with van der Waals surface area (Å²) in [6, 6.07) is 6.71. The van der Waals surface area contributed by atoms with Gasteiger partial charge in [-0.05, 0) is 24.6 Å². The fourth-order valence-corrected chi connectivity index (χ4v) is 1.22. The number of hydrogen-bond donors (Lipinski definition) is 3. The molecule has 0 unspecified atom stereocenters. The van der Waals surface area contributed by atoms with Crippen LogP contribution in [-0.4, -0.2) is 26.2 Å². The second-order valence-electron chi connectivity index (χ2n) is 3.41. The van der Waals surface area contributed by atoms with Crippen LogP contribution in [-0.2, 0) is 0 Å². The smallest absolute Gasteiger partial charge is 0.263 e. The SMILES string of the molecule is Cc1nnc(NN=Cc2cccc(O)c2)n1N. The second kappa shape index (κ2) is 4.52. The Morgan fingerprint density at radius 1 is 1.47 bits per heavy atom. The molecule has 1 aromatic heterocycles. The minimum absolute atomic E-state index is 0.187. The van der Waals surface area contributed by atoms with Crippen molar-refractivity contribution in [1.82, 2.24) is 14.9 Å². The third-order valence-corrected chi connectivity index (χ3v) is 2.11. The highest BCUT2D eigenvalue weighted by atomic mass is 16.3. The van der Waals surface area contributed by atoms with E-state index in [1.54, 1.807) is 31.3 Å². The molecule has 0 aliphatic rings. The summed E-state index contributed by atoms with van der Waals surface area (Å²) in [4.78, 5) is 0. The minimum Gasteiger partial charge on any atom is -0.508 e. The molecule has 0 fully saturated rings. The number of aryl methyl sites for hydroxylation is 1. The van der Waals surface area contributed by atoms with Crippen LogP contribution < -0.4 is 11.3 Å². The van der Waals surface area contributed by atoms with Crippen LogP contribution in [0.15, 0.2) is 29.4 Å². The number of aromatic nitrogens is 3. The van der Waals surface area contributed by atoms with E-state index in [9.17, 15) is 5.11 Å². The quantitative estimate of drug-likeness (QED) is 0.405. The number of aromatic hydroxyl groups is 1. The van der Waals surface area contributed by atoms with Crippen molar-refractivity contribution in [1.29, 1.82) is 0 Å². The highest BCUT2D eigenvalue weighted by Gasteiger charge is 2.02. The molecule has 0 saturated carbocycles. The van der Waals surface area contributed by atoms with Gasteiger partial charge in [0.25, 0.3) is 5.95 Å². The van der Waals surface area contributed by atoms with Gasteiger partial charge in [0.05, 0.1) is 6.21 Å². The number of nitrogen functional groups attached to an aromatic ring is 1. The summed E-state index contributed by atoms with van der Waals surface area (Å²) >= 11 is 0. The summed E-state index contributed by atoms with van der Waals surface area (Å²) in [5, 5.41) is 20.7. The Morgan fingerprint density at radius 2 is 2.29 bits per heavy atom. The van der Waals surface area contributed by atoms with Crippen molar-refractivity contribution in [3.63, 3.8) is 0 Å². The minimum atomic E-state index is 0.187. The third kappa shape index (κ3) is 2.51. The molecular formula is C10H12N6O. The fourth-order valence-electron chi connectivity index (χ4n) is 1.22. The lowest BCUT2D eigenvalue weighted by molar-refractivity contribution is 0.475. The summed E-state index contributed by atoms with van der Waals surface area (Å²) < 4.78 is 1.29. The van der Waals surface area contributed by atoms with Gasteiger partial charge in [-0.25, -0.2) is 10.1 Å². The van der Waals surface area contributed by atoms with Crippen molar-refractivity contribution in [3.05, 3.63) is 35.7 Å². The van der Waals surface area contributed by atoms with E-state index >= 15 is 0 Å². The van der Waals surface area contributed by atoms with Gasteiger partial charge in [0.15, 0.2) is 5.82 Å². The third-order valence-electron chi connectivity index (χ3n) is 2.11. The van der Waals surface area contributed by atoms with Crippen LogP contribution in [0.1, 0.15) is 11.4 Å². The van der Waals surface area contributed by atoms with Gasteiger partial charge in [0.2, 0.25) is 0 Å². The molecule has 7 heteroatoms. The zero-order valence-electron chi connectivity index (χ0n) is 9.20. The van der Waals surface area contributed by atoms with Crippen LogP contribution in [0.25, 0.3) is 0 Å². The van der Waals surface area contributed by atoms with Crippen LogP contribution >= 0.6 is 0 Å². The Bertz CT molecular complexity index is 547. The van der Waals surface area contributed by atoms with E-state index in [0.29, 0.717) is 11.8 Å². The van der Waals surface area contributed by atoms with E-state index in [1.165, 1.54) is 4.68 Å². The van der Waals surface area contributed by atoms with Crippen LogP contribution in [0.3, 0.4) is 0 Å². The molecule has 0 spiro atoms. The lowest BCUT2D eigenvalue weighted by Crippen LogP contribution is -2.13. The van der Waals surface area contributed by atoms with Gasteiger partial charge in [0, 0.05) is 0 Å². The number of hydrazone groups is 1. The monoisotopic (exact) mass is 232 g/mol. The van der Waals surface area contributed by atoms with Crippen LogP contribution in [0.5, 0.6) is 5.75 Å². The Hall–Kier alpha value is -2.57. The van der Waals surface area contributed by atoms with Gasteiger partial charge >= 0.3 is 0 Å². The number of rotatable bonds is 3. The maximum absolute atomic E-state index is 9.25. The number of nitrogens with one attached hydrogen (secondary N) is 1. The van der Waals surface area contributed by atoms with E-state index in [-0.39, 0.29) is 5.75 Å². The topological polar surface area (TPSA) is 101 Å². The molecule has 4 N–H and O–H groups in total. The first-order valence-electron chi connectivity index (χ1n) is 4.92. The number of benzene rings is 1. The number of phenolic OH excluding ortho intramolecular Hbond substituents is 1. The van der Waals surface area contributed by atoms with Crippen molar-refractivity contribution < 1.29 is 5.11 Å². The molecule has 0 aliphatic heterocycles. The zero-order chi connectivity index (χ0) is 12.3. The van der Waals surface area contributed by atoms with Gasteiger partial charge in [-0.2, -0.15) is 5.10 Å². The van der Waals surface area contributed by atoms with Crippen LogP contribution in [0, 0.1) is 6.92 Å². The van der Waals surface area contributed by atoms with Gasteiger partial charge in [-0.3, -0.25) is 0 Å². The van der Waals surface area contributed by atoms with E-state index < -0.39 is 0 Å². The van der Waals surface area contributed by atoms with Crippen molar-refractivity contribution in [2.24, 2.45) is 5.10 Å². The van der Waals surface area contributed by atoms with Gasteiger partial charge in [0.1, 0.15) is 5.75 Å². The molecule has 7 nitrogen and oxygen atoms in total. The summed E-state index contributed by atoms with van der Waals surface area (Å²) in [6.07, 6.45) is 1.55. The molecular weight excluding hydrogens is 220 g/mol. The highest BCUT2D eigenvalue weighted by molar-refractivity contribution is 5.80. The fraction of sp³-hybridized carbons (Fsp3) is 0.100. The first-order valence-corrected chi connectivity index (χ1v) is 4.92. The summed E-state index contributed by atoms with van der Waals surface area (Å²) in [6.45, 7) is 1.73. The number of phenols is 1. The Morgan fingerprint density at radius 3 is 2.94 bits per heavy atom. The lowest BCUT2D eigenvalue weighted by atomic mass is 10.2. The molecule has 2 rings (SSSR count). The molecule has 1 aromatic carbocycles. The standard InChI is InChI=1S/C10H12N6O/c1-7-13-15-10(16(7)11)14-12-6-8-3-2-4-9(17)5-8/h2-6,17H,11H2,1H3,(H,14,15). The second-order valence-corrected chi connectivity index (χ2v) is 3.41.